The molecule has 0 atom stereocenters. The van der Waals surface area contributed by atoms with Crippen molar-refractivity contribution in [3.63, 3.8) is 0 Å². The molecule has 0 bridgehead atoms. The Kier molecular flexibility index (Phi) is 4.47. The molecule has 0 spiro atoms. The quantitative estimate of drug-likeness (QED) is 0.826. The SMILES string of the molecule is CCCOc1ccccc1OC(=O)NC. The molecule has 4 nitrogen and oxygen atoms in total. The molecule has 1 aromatic rings. The summed E-state index contributed by atoms with van der Waals surface area (Å²) in [4.78, 5) is 11.0. The van der Waals surface area contributed by atoms with Crippen molar-refractivity contribution in [2.75, 3.05) is 13.7 Å². The van der Waals surface area contributed by atoms with E-state index in [9.17, 15) is 4.79 Å². The standard InChI is InChI=1S/C11H15NO3/c1-3-8-14-9-6-4-5-7-10(9)15-11(13)12-2/h4-7H,3,8H2,1-2H3,(H,12,13). The molecule has 0 aliphatic heterocycles. The highest BCUT2D eigenvalue weighted by atomic mass is 16.6. The lowest BCUT2D eigenvalue weighted by Gasteiger charge is -2.10. The topological polar surface area (TPSA) is 47.6 Å². The van der Waals surface area contributed by atoms with Crippen LogP contribution in [-0.4, -0.2) is 19.7 Å². The molecule has 0 aliphatic carbocycles. The first-order valence-electron chi connectivity index (χ1n) is 4.89. The van der Waals surface area contributed by atoms with Crippen LogP contribution in [0.3, 0.4) is 0 Å². The van der Waals surface area contributed by atoms with E-state index in [-0.39, 0.29) is 0 Å². The van der Waals surface area contributed by atoms with Gasteiger partial charge in [0.1, 0.15) is 0 Å². The highest BCUT2D eigenvalue weighted by molar-refractivity contribution is 5.70. The van der Waals surface area contributed by atoms with E-state index in [1.165, 1.54) is 7.05 Å². The van der Waals surface area contributed by atoms with Crippen molar-refractivity contribution in [1.82, 2.24) is 5.32 Å². The number of hydrogen-bond donors (Lipinski definition) is 1. The van der Waals surface area contributed by atoms with Crippen molar-refractivity contribution < 1.29 is 14.3 Å². The van der Waals surface area contributed by atoms with Crippen molar-refractivity contribution in [3.8, 4) is 11.5 Å². The maximum absolute atomic E-state index is 11.0. The summed E-state index contributed by atoms with van der Waals surface area (Å²) in [7, 11) is 1.51. The van der Waals surface area contributed by atoms with Crippen molar-refractivity contribution in [1.29, 1.82) is 0 Å². The highest BCUT2D eigenvalue weighted by Crippen LogP contribution is 2.26. The second kappa shape index (κ2) is 5.90. The zero-order chi connectivity index (χ0) is 11.1. The fourth-order valence-electron chi connectivity index (χ4n) is 1.02. The van der Waals surface area contributed by atoms with Gasteiger partial charge in [-0.25, -0.2) is 4.79 Å². The lowest BCUT2D eigenvalue weighted by atomic mass is 10.3. The maximum Gasteiger partial charge on any atom is 0.412 e. The minimum atomic E-state index is -0.498. The molecule has 0 heterocycles. The first-order valence-corrected chi connectivity index (χ1v) is 4.89. The van der Waals surface area contributed by atoms with Crippen LogP contribution in [0.2, 0.25) is 0 Å². The van der Waals surface area contributed by atoms with Gasteiger partial charge in [0.25, 0.3) is 0 Å². The molecule has 1 aromatic carbocycles. The second-order valence-electron chi connectivity index (χ2n) is 2.93. The summed E-state index contributed by atoms with van der Waals surface area (Å²) in [6, 6.07) is 7.09. The molecule has 15 heavy (non-hydrogen) atoms. The summed E-state index contributed by atoms with van der Waals surface area (Å²) in [6.07, 6.45) is 0.413. The number of rotatable bonds is 4. The molecule has 1 rings (SSSR count). The van der Waals surface area contributed by atoms with Crippen molar-refractivity contribution in [2.24, 2.45) is 0 Å². The van der Waals surface area contributed by atoms with Gasteiger partial charge in [-0.2, -0.15) is 0 Å². The summed E-state index contributed by atoms with van der Waals surface area (Å²) >= 11 is 0. The van der Waals surface area contributed by atoms with Gasteiger partial charge in [-0.1, -0.05) is 19.1 Å². The minimum Gasteiger partial charge on any atom is -0.490 e. The molecule has 0 aliphatic rings. The molecule has 1 N–H and O–H groups in total. The predicted octanol–water partition coefficient (Wildman–Crippen LogP) is 2.19. The van der Waals surface area contributed by atoms with Gasteiger partial charge in [0, 0.05) is 7.05 Å². The highest BCUT2D eigenvalue weighted by Gasteiger charge is 2.07. The third kappa shape index (κ3) is 3.50. The van der Waals surface area contributed by atoms with Crippen LogP contribution >= 0.6 is 0 Å². The van der Waals surface area contributed by atoms with Gasteiger partial charge in [0.2, 0.25) is 0 Å². The molecule has 0 saturated carbocycles. The zero-order valence-electron chi connectivity index (χ0n) is 8.95. The van der Waals surface area contributed by atoms with E-state index in [0.717, 1.165) is 6.42 Å². The van der Waals surface area contributed by atoms with E-state index < -0.39 is 6.09 Å². The average Bonchev–Trinajstić information content (AvgIpc) is 2.28. The van der Waals surface area contributed by atoms with E-state index in [0.29, 0.717) is 18.1 Å². The smallest absolute Gasteiger partial charge is 0.412 e. The summed E-state index contributed by atoms with van der Waals surface area (Å²) in [6.45, 7) is 2.62. The summed E-state index contributed by atoms with van der Waals surface area (Å²) in [5.41, 5.74) is 0. The monoisotopic (exact) mass is 209 g/mol. The van der Waals surface area contributed by atoms with Gasteiger partial charge < -0.3 is 14.8 Å². The van der Waals surface area contributed by atoms with Crippen LogP contribution < -0.4 is 14.8 Å². The van der Waals surface area contributed by atoms with E-state index in [1.807, 2.05) is 13.0 Å². The normalized spacial score (nSPS) is 9.47. The lowest BCUT2D eigenvalue weighted by Crippen LogP contribution is -2.22. The van der Waals surface area contributed by atoms with Gasteiger partial charge in [-0.15, -0.1) is 0 Å². The molecule has 0 saturated heterocycles. The molecule has 82 valence electrons. The fraction of sp³-hybridized carbons (Fsp3) is 0.364. The van der Waals surface area contributed by atoms with Crippen LogP contribution in [0, 0.1) is 0 Å². The molecule has 4 heteroatoms. The summed E-state index contributed by atoms with van der Waals surface area (Å²) in [5, 5.41) is 2.38. The van der Waals surface area contributed by atoms with Crippen molar-refractivity contribution in [3.05, 3.63) is 24.3 Å². The van der Waals surface area contributed by atoms with Gasteiger partial charge in [0.05, 0.1) is 6.61 Å². The predicted molar refractivity (Wildman–Crippen MR) is 57.3 cm³/mol. The Balaban J connectivity index is 2.72. The number of ether oxygens (including phenoxy) is 2. The van der Waals surface area contributed by atoms with Gasteiger partial charge in [-0.3, -0.25) is 0 Å². The molecule has 0 unspecified atom stereocenters. The summed E-state index contributed by atoms with van der Waals surface area (Å²) < 4.78 is 10.4. The maximum atomic E-state index is 11.0. The molecule has 0 fully saturated rings. The van der Waals surface area contributed by atoms with E-state index in [1.54, 1.807) is 18.2 Å². The van der Waals surface area contributed by atoms with Crippen LogP contribution in [-0.2, 0) is 0 Å². The summed E-state index contributed by atoms with van der Waals surface area (Å²) in [5.74, 6) is 1.02. The third-order valence-corrected chi connectivity index (χ3v) is 1.72. The van der Waals surface area contributed by atoms with Gasteiger partial charge in [-0.05, 0) is 18.6 Å². The van der Waals surface area contributed by atoms with Crippen LogP contribution in [0.5, 0.6) is 11.5 Å². The van der Waals surface area contributed by atoms with Crippen LogP contribution in [0.1, 0.15) is 13.3 Å². The number of amides is 1. The van der Waals surface area contributed by atoms with E-state index in [2.05, 4.69) is 5.32 Å². The van der Waals surface area contributed by atoms with Crippen molar-refractivity contribution >= 4 is 6.09 Å². The number of hydrogen-bond acceptors (Lipinski definition) is 3. The van der Waals surface area contributed by atoms with Crippen LogP contribution in [0.25, 0.3) is 0 Å². The molecular weight excluding hydrogens is 194 g/mol. The second-order valence-corrected chi connectivity index (χ2v) is 2.93. The number of carbonyl (C=O) groups excluding carboxylic acids is 1. The van der Waals surface area contributed by atoms with Crippen LogP contribution in [0.15, 0.2) is 24.3 Å². The minimum absolute atomic E-state index is 0.435. The van der Waals surface area contributed by atoms with Crippen molar-refractivity contribution in [2.45, 2.75) is 13.3 Å². The zero-order valence-corrected chi connectivity index (χ0v) is 8.95. The Labute approximate surface area is 89.2 Å². The van der Waals surface area contributed by atoms with Crippen LogP contribution in [0.4, 0.5) is 4.79 Å². The van der Waals surface area contributed by atoms with E-state index in [4.69, 9.17) is 9.47 Å². The largest absolute Gasteiger partial charge is 0.490 e. The number of benzene rings is 1. The lowest BCUT2D eigenvalue weighted by molar-refractivity contribution is 0.199. The molecule has 1 amide bonds. The third-order valence-electron chi connectivity index (χ3n) is 1.72. The molecule has 0 radical (unpaired) electrons. The Morgan fingerprint density at radius 1 is 1.33 bits per heavy atom. The molecular formula is C11H15NO3. The first-order chi connectivity index (χ1) is 7.27. The average molecular weight is 209 g/mol. The number of nitrogens with one attached hydrogen (secondary N) is 1. The Morgan fingerprint density at radius 2 is 2.00 bits per heavy atom. The first kappa shape index (κ1) is 11.4. The van der Waals surface area contributed by atoms with E-state index >= 15 is 0 Å². The van der Waals surface area contributed by atoms with Gasteiger partial charge >= 0.3 is 6.09 Å². The van der Waals surface area contributed by atoms with Gasteiger partial charge in [0.15, 0.2) is 11.5 Å². The Bertz CT molecular complexity index is 325. The Hall–Kier alpha value is -1.71. The fourth-order valence-corrected chi connectivity index (χ4v) is 1.02. The number of para-hydroxylation sites is 2. The molecule has 0 aromatic heterocycles. The Morgan fingerprint density at radius 3 is 2.60 bits per heavy atom. The number of carbonyl (C=O) groups is 1.